The minimum Gasteiger partial charge on any atom is -0.376 e. The quantitative estimate of drug-likeness (QED) is 0.827. The molecule has 2 aliphatic rings. The van der Waals surface area contributed by atoms with Crippen molar-refractivity contribution in [1.82, 2.24) is 20.0 Å². The lowest BCUT2D eigenvalue weighted by atomic mass is 10.1. The van der Waals surface area contributed by atoms with Crippen molar-refractivity contribution in [3.05, 3.63) is 30.6 Å². The van der Waals surface area contributed by atoms with Gasteiger partial charge in [-0.25, -0.2) is 4.68 Å². The van der Waals surface area contributed by atoms with Crippen molar-refractivity contribution in [2.45, 2.75) is 24.4 Å². The highest BCUT2D eigenvalue weighted by atomic mass is 16.6. The van der Waals surface area contributed by atoms with Crippen LogP contribution in [0.2, 0.25) is 0 Å². The van der Waals surface area contributed by atoms with Crippen molar-refractivity contribution in [2.75, 3.05) is 20.3 Å². The minimum absolute atomic E-state index is 0.00113. The van der Waals surface area contributed by atoms with Crippen LogP contribution in [0.5, 0.6) is 0 Å². The van der Waals surface area contributed by atoms with E-state index >= 15 is 0 Å². The highest BCUT2D eigenvalue weighted by Crippen LogP contribution is 2.35. The Morgan fingerprint density at radius 3 is 2.90 bits per heavy atom. The fourth-order valence-corrected chi connectivity index (χ4v) is 2.94. The maximum atomic E-state index is 5.81. The average Bonchev–Trinajstić information content (AvgIpc) is 3.23. The lowest BCUT2D eigenvalue weighted by Crippen LogP contribution is -2.31. The first-order valence-electron chi connectivity index (χ1n) is 6.96. The van der Waals surface area contributed by atoms with Crippen LogP contribution in [0.4, 0.5) is 0 Å². The summed E-state index contributed by atoms with van der Waals surface area (Å²) in [7, 11) is 1.68. The molecule has 0 amide bonds. The van der Waals surface area contributed by atoms with E-state index in [4.69, 9.17) is 14.2 Å². The summed E-state index contributed by atoms with van der Waals surface area (Å²) in [5, 5.41) is 8.40. The number of nitrogens with zero attached hydrogens (tertiary/aromatic N) is 4. The van der Waals surface area contributed by atoms with Gasteiger partial charge in [-0.05, 0) is 12.1 Å². The Bertz CT molecular complexity index is 618. The van der Waals surface area contributed by atoms with Gasteiger partial charge in [0.25, 0.3) is 0 Å². The van der Waals surface area contributed by atoms with Gasteiger partial charge in [-0.15, -0.1) is 5.10 Å². The van der Waals surface area contributed by atoms with Gasteiger partial charge in [-0.1, -0.05) is 11.3 Å². The largest absolute Gasteiger partial charge is 0.376 e. The SMILES string of the molecule is COC1COC2C1OCC2n1cc(-c2ccccn2)nn1. The van der Waals surface area contributed by atoms with Gasteiger partial charge in [0.15, 0.2) is 0 Å². The summed E-state index contributed by atoms with van der Waals surface area (Å²) in [5.41, 5.74) is 1.56. The van der Waals surface area contributed by atoms with Crippen LogP contribution in [-0.4, -0.2) is 58.6 Å². The maximum Gasteiger partial charge on any atom is 0.131 e. The molecular weight excluding hydrogens is 272 g/mol. The normalized spacial score (nSPS) is 31.5. The summed E-state index contributed by atoms with van der Waals surface area (Å²) in [6.07, 6.45) is 3.57. The van der Waals surface area contributed by atoms with Crippen molar-refractivity contribution in [3.8, 4) is 11.4 Å². The second-order valence-electron chi connectivity index (χ2n) is 5.24. The van der Waals surface area contributed by atoms with Crippen molar-refractivity contribution in [1.29, 1.82) is 0 Å². The van der Waals surface area contributed by atoms with Crippen LogP contribution < -0.4 is 0 Å². The Labute approximate surface area is 121 Å². The highest BCUT2D eigenvalue weighted by molar-refractivity contribution is 5.51. The minimum atomic E-state index is -0.0340. The van der Waals surface area contributed by atoms with Crippen LogP contribution in [0.1, 0.15) is 6.04 Å². The average molecular weight is 288 g/mol. The van der Waals surface area contributed by atoms with Gasteiger partial charge in [0.2, 0.25) is 0 Å². The molecule has 2 aliphatic heterocycles. The molecular formula is C14H16N4O3. The van der Waals surface area contributed by atoms with Crippen LogP contribution in [0.3, 0.4) is 0 Å². The van der Waals surface area contributed by atoms with Crippen molar-refractivity contribution in [3.63, 3.8) is 0 Å². The first-order chi connectivity index (χ1) is 10.4. The molecule has 4 unspecified atom stereocenters. The zero-order valence-electron chi connectivity index (χ0n) is 11.6. The molecule has 2 aromatic heterocycles. The third-order valence-corrected chi connectivity index (χ3v) is 4.06. The molecule has 7 nitrogen and oxygen atoms in total. The molecule has 0 saturated carbocycles. The zero-order chi connectivity index (χ0) is 14.2. The first kappa shape index (κ1) is 12.9. The number of methoxy groups -OCH3 is 1. The Kier molecular flexibility index (Phi) is 3.17. The summed E-state index contributed by atoms with van der Waals surface area (Å²) >= 11 is 0. The number of hydrogen-bond acceptors (Lipinski definition) is 6. The molecule has 0 aromatic carbocycles. The lowest BCUT2D eigenvalue weighted by molar-refractivity contribution is -0.00910. The fraction of sp³-hybridized carbons (Fsp3) is 0.500. The Hall–Kier alpha value is -1.83. The van der Waals surface area contributed by atoms with Crippen LogP contribution in [-0.2, 0) is 14.2 Å². The molecule has 4 atom stereocenters. The first-order valence-corrected chi connectivity index (χ1v) is 6.96. The Morgan fingerprint density at radius 1 is 1.19 bits per heavy atom. The third kappa shape index (κ3) is 2.14. The number of hydrogen-bond donors (Lipinski definition) is 0. The number of aromatic nitrogens is 4. The molecule has 2 fully saturated rings. The molecule has 0 N–H and O–H groups in total. The second-order valence-corrected chi connectivity index (χ2v) is 5.24. The van der Waals surface area contributed by atoms with Gasteiger partial charge in [0, 0.05) is 13.3 Å². The topological polar surface area (TPSA) is 71.3 Å². The maximum absolute atomic E-state index is 5.81. The Morgan fingerprint density at radius 2 is 2.10 bits per heavy atom. The van der Waals surface area contributed by atoms with Crippen LogP contribution in [0.25, 0.3) is 11.4 Å². The second kappa shape index (κ2) is 5.18. The number of pyridine rings is 1. The standard InChI is InChI=1S/C14H16N4O3/c1-19-12-8-21-13-11(7-20-14(12)13)18-6-10(16-17-18)9-4-2-3-5-15-9/h2-6,11-14H,7-8H2,1H3. The van der Waals surface area contributed by atoms with Gasteiger partial charge in [-0.3, -0.25) is 4.98 Å². The number of fused-ring (bicyclic) bond motifs is 1. The van der Waals surface area contributed by atoms with Gasteiger partial charge in [-0.2, -0.15) is 0 Å². The third-order valence-electron chi connectivity index (χ3n) is 4.06. The summed E-state index contributed by atoms with van der Waals surface area (Å²) in [6, 6.07) is 5.75. The van der Waals surface area contributed by atoms with E-state index in [0.717, 1.165) is 11.4 Å². The van der Waals surface area contributed by atoms with Gasteiger partial charge < -0.3 is 14.2 Å². The van der Waals surface area contributed by atoms with Crippen molar-refractivity contribution < 1.29 is 14.2 Å². The van der Waals surface area contributed by atoms with Gasteiger partial charge >= 0.3 is 0 Å². The van der Waals surface area contributed by atoms with E-state index in [1.807, 2.05) is 29.1 Å². The van der Waals surface area contributed by atoms with Crippen LogP contribution >= 0.6 is 0 Å². The highest BCUT2D eigenvalue weighted by Gasteiger charge is 2.49. The molecule has 0 spiro atoms. The molecule has 0 radical (unpaired) electrons. The van der Waals surface area contributed by atoms with Crippen LogP contribution in [0, 0.1) is 0 Å². The molecule has 4 rings (SSSR count). The summed E-state index contributed by atoms with van der Waals surface area (Å²) in [5.74, 6) is 0. The van der Waals surface area contributed by atoms with E-state index in [9.17, 15) is 0 Å². The molecule has 110 valence electrons. The van der Waals surface area contributed by atoms with E-state index in [1.165, 1.54) is 0 Å². The van der Waals surface area contributed by atoms with E-state index in [0.29, 0.717) is 13.2 Å². The molecule has 7 heteroatoms. The van der Waals surface area contributed by atoms with E-state index in [-0.39, 0.29) is 24.4 Å². The summed E-state index contributed by atoms with van der Waals surface area (Å²) in [6.45, 7) is 1.12. The van der Waals surface area contributed by atoms with E-state index in [2.05, 4.69) is 15.3 Å². The molecule has 0 aliphatic carbocycles. The van der Waals surface area contributed by atoms with E-state index in [1.54, 1.807) is 13.3 Å². The number of ether oxygens (including phenoxy) is 3. The van der Waals surface area contributed by atoms with E-state index < -0.39 is 0 Å². The van der Waals surface area contributed by atoms with Crippen molar-refractivity contribution in [2.24, 2.45) is 0 Å². The Balaban J connectivity index is 1.57. The molecule has 0 bridgehead atoms. The lowest BCUT2D eigenvalue weighted by Gasteiger charge is -2.15. The number of rotatable bonds is 3. The summed E-state index contributed by atoms with van der Waals surface area (Å²) < 4.78 is 18.8. The van der Waals surface area contributed by atoms with Gasteiger partial charge in [0.1, 0.15) is 30.0 Å². The fourth-order valence-electron chi connectivity index (χ4n) is 2.94. The molecule has 2 aromatic rings. The van der Waals surface area contributed by atoms with Gasteiger partial charge in [0.05, 0.1) is 25.1 Å². The summed E-state index contributed by atoms with van der Waals surface area (Å²) in [4.78, 5) is 4.28. The van der Waals surface area contributed by atoms with Crippen LogP contribution in [0.15, 0.2) is 30.6 Å². The predicted octanol–water partition coefficient (Wildman–Crippen LogP) is 0.694. The zero-order valence-corrected chi connectivity index (χ0v) is 11.6. The molecule has 2 saturated heterocycles. The molecule has 4 heterocycles. The smallest absolute Gasteiger partial charge is 0.131 e. The van der Waals surface area contributed by atoms with Crippen molar-refractivity contribution >= 4 is 0 Å². The molecule has 21 heavy (non-hydrogen) atoms. The predicted molar refractivity (Wildman–Crippen MR) is 72.6 cm³/mol. The monoisotopic (exact) mass is 288 g/mol.